The molecule has 162 valence electrons. The topological polar surface area (TPSA) is 20.2 Å². The molecule has 0 saturated heterocycles. The Morgan fingerprint density at radius 3 is 2.52 bits per heavy atom. The van der Waals surface area contributed by atoms with Crippen LogP contribution < -0.4 is 0 Å². The minimum Gasteiger partial charge on any atom is -0.393 e. The van der Waals surface area contributed by atoms with E-state index >= 15 is 0 Å². The van der Waals surface area contributed by atoms with Gasteiger partial charge < -0.3 is 5.11 Å². The first-order valence-corrected chi connectivity index (χ1v) is 12.2. The Hall–Kier alpha value is -1.08. The Labute approximate surface area is 180 Å². The fourth-order valence-corrected chi connectivity index (χ4v) is 6.25. The molecule has 0 amide bonds. The number of allylic oxidation sites excluding steroid dienone is 6. The monoisotopic (exact) mass is 396 g/mol. The molecule has 6 atom stereocenters. The smallest absolute Gasteiger partial charge is 0.0583 e. The molecule has 1 nitrogen and oxygen atoms in total. The van der Waals surface area contributed by atoms with E-state index in [4.69, 9.17) is 0 Å². The summed E-state index contributed by atoms with van der Waals surface area (Å²) in [4.78, 5) is 0. The lowest BCUT2D eigenvalue weighted by Crippen LogP contribution is -2.35. The Morgan fingerprint density at radius 1 is 1.03 bits per heavy atom. The number of aliphatic hydroxyl groups is 1. The third-order valence-corrected chi connectivity index (χ3v) is 8.63. The maximum absolute atomic E-state index is 10.0. The summed E-state index contributed by atoms with van der Waals surface area (Å²) in [6, 6.07) is 0. The molecule has 3 saturated carbocycles. The van der Waals surface area contributed by atoms with Crippen molar-refractivity contribution >= 4 is 0 Å². The van der Waals surface area contributed by atoms with Gasteiger partial charge in [-0.3, -0.25) is 0 Å². The molecule has 0 aromatic carbocycles. The second-order valence-corrected chi connectivity index (χ2v) is 10.9. The van der Waals surface area contributed by atoms with Crippen molar-refractivity contribution < 1.29 is 5.11 Å². The molecule has 0 bridgehead atoms. The van der Waals surface area contributed by atoms with Gasteiger partial charge in [-0.25, -0.2) is 0 Å². The number of rotatable bonds is 5. The van der Waals surface area contributed by atoms with Crippen LogP contribution in [-0.2, 0) is 0 Å². The van der Waals surface area contributed by atoms with Crippen LogP contribution in [0, 0.1) is 35.0 Å². The molecular weight excluding hydrogens is 352 g/mol. The van der Waals surface area contributed by atoms with Crippen LogP contribution >= 0.6 is 0 Å². The molecule has 1 heteroatoms. The number of fused-ring (bicyclic) bond motifs is 1. The van der Waals surface area contributed by atoms with Crippen LogP contribution in [0.2, 0.25) is 0 Å². The predicted molar refractivity (Wildman–Crippen MR) is 126 cm³/mol. The summed E-state index contributed by atoms with van der Waals surface area (Å²) in [6.07, 6.45) is 18.8. The third-order valence-electron chi connectivity index (χ3n) is 8.63. The molecule has 0 spiro atoms. The zero-order valence-corrected chi connectivity index (χ0v) is 19.6. The lowest BCUT2D eigenvalue weighted by Gasteiger charge is -2.44. The average Bonchev–Trinajstić information content (AvgIpc) is 3.04. The molecule has 0 aromatic rings. The molecule has 1 N–H and O–H groups in total. The van der Waals surface area contributed by atoms with E-state index in [-0.39, 0.29) is 6.10 Å². The van der Waals surface area contributed by atoms with Gasteiger partial charge in [0.05, 0.1) is 6.10 Å². The van der Waals surface area contributed by atoms with E-state index in [1.54, 1.807) is 5.57 Å². The summed E-state index contributed by atoms with van der Waals surface area (Å²) >= 11 is 0. The molecule has 0 radical (unpaired) electrons. The van der Waals surface area contributed by atoms with Gasteiger partial charge in [-0.15, -0.1) is 0 Å². The van der Waals surface area contributed by atoms with Crippen LogP contribution in [0.1, 0.15) is 86.0 Å². The number of hydrogen-bond acceptors (Lipinski definition) is 1. The van der Waals surface area contributed by atoms with Crippen molar-refractivity contribution in [1.29, 1.82) is 0 Å². The Balaban J connectivity index is 1.75. The van der Waals surface area contributed by atoms with Gasteiger partial charge in [0.25, 0.3) is 0 Å². The lowest BCUT2D eigenvalue weighted by molar-refractivity contribution is 0.112. The van der Waals surface area contributed by atoms with Crippen molar-refractivity contribution in [2.75, 3.05) is 0 Å². The van der Waals surface area contributed by atoms with E-state index in [1.165, 1.54) is 43.3 Å². The van der Waals surface area contributed by atoms with Crippen molar-refractivity contribution in [2.24, 2.45) is 35.0 Å². The zero-order chi connectivity index (χ0) is 21.2. The highest BCUT2D eigenvalue weighted by molar-refractivity contribution is 5.36. The van der Waals surface area contributed by atoms with Crippen LogP contribution in [0.3, 0.4) is 0 Å². The van der Waals surface area contributed by atoms with Gasteiger partial charge in [0.1, 0.15) is 0 Å². The fourth-order valence-electron chi connectivity index (χ4n) is 6.25. The molecule has 0 aromatic heterocycles. The second-order valence-electron chi connectivity index (χ2n) is 10.9. The van der Waals surface area contributed by atoms with Crippen LogP contribution in [-0.4, -0.2) is 11.2 Å². The first-order valence-electron chi connectivity index (χ1n) is 12.2. The summed E-state index contributed by atoms with van der Waals surface area (Å²) in [5.74, 6) is 3.58. The van der Waals surface area contributed by atoms with Crippen molar-refractivity contribution in [3.8, 4) is 0 Å². The number of aliphatic hydroxyl groups excluding tert-OH is 1. The predicted octanol–water partition coefficient (Wildman–Crippen LogP) is 7.64. The van der Waals surface area contributed by atoms with Gasteiger partial charge in [-0.05, 0) is 91.9 Å². The summed E-state index contributed by atoms with van der Waals surface area (Å²) < 4.78 is 0. The highest BCUT2D eigenvalue weighted by Crippen LogP contribution is 2.59. The third kappa shape index (κ3) is 4.98. The highest BCUT2D eigenvalue weighted by atomic mass is 16.3. The van der Waals surface area contributed by atoms with Crippen LogP contribution in [0.5, 0.6) is 0 Å². The van der Waals surface area contributed by atoms with Gasteiger partial charge >= 0.3 is 0 Å². The van der Waals surface area contributed by atoms with Gasteiger partial charge in [0, 0.05) is 0 Å². The van der Waals surface area contributed by atoms with Gasteiger partial charge in [-0.2, -0.15) is 0 Å². The zero-order valence-electron chi connectivity index (χ0n) is 19.6. The van der Waals surface area contributed by atoms with Gasteiger partial charge in [0.2, 0.25) is 0 Å². The minimum absolute atomic E-state index is 0.182. The second kappa shape index (κ2) is 9.38. The van der Waals surface area contributed by atoms with Gasteiger partial charge in [0.15, 0.2) is 0 Å². The molecule has 0 unspecified atom stereocenters. The Kier molecular flexibility index (Phi) is 7.31. The lowest BCUT2D eigenvalue weighted by atomic mass is 9.61. The van der Waals surface area contributed by atoms with Crippen molar-refractivity contribution in [1.82, 2.24) is 0 Å². The van der Waals surface area contributed by atoms with Gasteiger partial charge in [-0.1, -0.05) is 76.6 Å². The normalized spacial score (nSPS) is 38.2. The Morgan fingerprint density at radius 2 is 1.79 bits per heavy atom. The summed E-state index contributed by atoms with van der Waals surface area (Å²) in [5.41, 5.74) is 4.61. The average molecular weight is 397 g/mol. The molecule has 3 rings (SSSR count). The van der Waals surface area contributed by atoms with Crippen LogP contribution in [0.25, 0.3) is 0 Å². The molecule has 29 heavy (non-hydrogen) atoms. The van der Waals surface area contributed by atoms with E-state index in [2.05, 4.69) is 65.5 Å². The van der Waals surface area contributed by atoms with Crippen molar-refractivity contribution in [2.45, 2.75) is 92.1 Å². The summed E-state index contributed by atoms with van der Waals surface area (Å²) in [5, 5.41) is 10.0. The summed E-state index contributed by atoms with van der Waals surface area (Å²) in [7, 11) is 0. The fraction of sp³-hybridized carbons (Fsp3) is 0.714. The molecule has 3 fully saturated rings. The molecule has 3 aliphatic carbocycles. The maximum atomic E-state index is 10.0. The largest absolute Gasteiger partial charge is 0.393 e. The summed E-state index contributed by atoms with van der Waals surface area (Å²) in [6.45, 7) is 16.3. The molecular formula is C28H44O. The van der Waals surface area contributed by atoms with E-state index < -0.39 is 0 Å². The molecule has 0 heterocycles. The van der Waals surface area contributed by atoms with Crippen molar-refractivity contribution in [3.63, 3.8) is 0 Å². The standard InChI is InChI=1S/C28H44O/c1-19(2)20(3)9-10-22(5)26-15-16-27-23(8-7-17-28(26,27)6)12-13-24-18-25(29)14-11-21(24)4/h9-10,12-13,19-20,22,25-27,29H,4,7-8,11,14-18H2,1-3,5-6H3/b10-9+,23-12+,24-13+/t20-,22-,25+,26-,27-,28+/m0/s1. The Bertz CT molecular complexity index is 678. The SMILES string of the molecule is C=C1CC[C@@H](O)C/C1=C\C=C1/CCC[C@@]2(C)[C@H]1CC[C@H]2[C@@H](C)/C=C/[C@H](C)C(C)C. The maximum Gasteiger partial charge on any atom is 0.0583 e. The van der Waals surface area contributed by atoms with E-state index in [1.807, 2.05) is 0 Å². The van der Waals surface area contributed by atoms with E-state index in [9.17, 15) is 5.11 Å². The van der Waals surface area contributed by atoms with Crippen molar-refractivity contribution in [3.05, 3.63) is 47.6 Å². The first-order chi connectivity index (χ1) is 13.7. The minimum atomic E-state index is -0.182. The van der Waals surface area contributed by atoms with Crippen LogP contribution in [0.15, 0.2) is 47.6 Å². The van der Waals surface area contributed by atoms with E-state index in [0.717, 1.165) is 37.0 Å². The van der Waals surface area contributed by atoms with E-state index in [0.29, 0.717) is 17.3 Å². The van der Waals surface area contributed by atoms with Crippen LogP contribution in [0.4, 0.5) is 0 Å². The first kappa shape index (κ1) is 22.6. The number of hydrogen-bond donors (Lipinski definition) is 1. The molecule has 3 aliphatic rings. The molecule has 0 aliphatic heterocycles. The highest BCUT2D eigenvalue weighted by Gasteiger charge is 2.50. The quantitative estimate of drug-likeness (QED) is 0.473.